The Labute approximate surface area is 428 Å². The van der Waals surface area contributed by atoms with Gasteiger partial charge in [0, 0.05) is 54.7 Å². The molecule has 8 aromatic rings. The third-order valence-corrected chi connectivity index (χ3v) is 18.7. The first-order chi connectivity index (χ1) is 33.6. The second-order valence-corrected chi connectivity index (χ2v) is 26.3. The molecule has 4 aliphatic rings. The van der Waals surface area contributed by atoms with E-state index in [-0.39, 0.29) is 33.8 Å². The van der Waals surface area contributed by atoms with E-state index in [2.05, 4.69) is 244 Å². The van der Waals surface area contributed by atoms with Crippen LogP contribution in [0.25, 0.3) is 10.1 Å². The van der Waals surface area contributed by atoms with E-state index in [4.69, 9.17) is 0 Å². The number of rotatable bonds is 5. The van der Waals surface area contributed by atoms with Crippen molar-refractivity contribution in [2.75, 3.05) is 14.7 Å². The standard InChI is InChI=1S/C66H70BN3S/c1-41-24-31-56-48(36-41)59-61(71-56)67-52-30-29-49-57(66(12,13)35-34-63(49,6)7)60(52)70(53-40-51-50(37-42(53)2)64(8,9)32-33-65(51,10)11)55-39-47(68(44-20-16-14-17-21-44)45-22-18-15-19-23-45)38-54(58(55)67)69(59)46-27-25-43(26-28-46)62(3,4)5/h14-31,36-40H,32-35H2,1-13H3. The molecule has 0 saturated carbocycles. The van der Waals surface area contributed by atoms with Gasteiger partial charge in [-0.1, -0.05) is 155 Å². The minimum atomic E-state index is -0.0640. The van der Waals surface area contributed by atoms with Crippen LogP contribution in [0.15, 0.2) is 140 Å². The molecule has 1 aromatic heterocycles. The van der Waals surface area contributed by atoms with E-state index in [1.54, 1.807) is 0 Å². The molecule has 358 valence electrons. The summed E-state index contributed by atoms with van der Waals surface area (Å²) in [6.45, 7) is 31.6. The third kappa shape index (κ3) is 7.10. The minimum absolute atomic E-state index is 0.0134. The topological polar surface area (TPSA) is 9.72 Å². The average molecular weight is 948 g/mol. The summed E-state index contributed by atoms with van der Waals surface area (Å²) >= 11 is 2.01. The van der Waals surface area contributed by atoms with Gasteiger partial charge in [0.2, 0.25) is 0 Å². The molecule has 0 amide bonds. The summed E-state index contributed by atoms with van der Waals surface area (Å²) in [6, 6.07) is 54.2. The van der Waals surface area contributed by atoms with Crippen LogP contribution in [0.1, 0.15) is 141 Å². The summed E-state index contributed by atoms with van der Waals surface area (Å²) in [5.74, 6) is 0. The van der Waals surface area contributed by atoms with Crippen LogP contribution in [0.2, 0.25) is 0 Å². The molecule has 0 unspecified atom stereocenters. The highest BCUT2D eigenvalue weighted by atomic mass is 32.1. The van der Waals surface area contributed by atoms with Gasteiger partial charge in [-0.2, -0.15) is 0 Å². The first kappa shape index (κ1) is 46.1. The van der Waals surface area contributed by atoms with E-state index in [0.29, 0.717) is 0 Å². The van der Waals surface area contributed by atoms with Gasteiger partial charge in [0.05, 0.1) is 11.4 Å². The maximum atomic E-state index is 2.81. The number of anilines is 9. The second-order valence-electron chi connectivity index (χ2n) is 25.3. The van der Waals surface area contributed by atoms with Crippen molar-refractivity contribution in [2.45, 2.75) is 143 Å². The molecule has 0 saturated heterocycles. The molecular weight excluding hydrogens is 878 g/mol. The summed E-state index contributed by atoms with van der Waals surface area (Å²) in [5, 5.41) is 1.32. The molecule has 0 fully saturated rings. The fraction of sp³-hybridized carbons (Fsp3) is 0.333. The van der Waals surface area contributed by atoms with Crippen molar-refractivity contribution in [3.63, 3.8) is 0 Å². The molecular formula is C66H70BN3S. The van der Waals surface area contributed by atoms with Gasteiger partial charge in [0.15, 0.2) is 0 Å². The molecule has 7 aromatic carbocycles. The maximum absolute atomic E-state index is 2.81. The number of hydrogen-bond acceptors (Lipinski definition) is 4. The Morgan fingerprint density at radius 3 is 1.69 bits per heavy atom. The van der Waals surface area contributed by atoms with Gasteiger partial charge in [-0.25, -0.2) is 0 Å². The van der Waals surface area contributed by atoms with Crippen LogP contribution >= 0.6 is 11.3 Å². The number of para-hydroxylation sites is 2. The summed E-state index contributed by atoms with van der Waals surface area (Å²) < 4.78 is 2.76. The lowest BCUT2D eigenvalue weighted by atomic mass is 9.35. The van der Waals surface area contributed by atoms with Gasteiger partial charge in [-0.05, 0) is 178 Å². The molecule has 2 aliphatic heterocycles. The first-order valence-electron chi connectivity index (χ1n) is 26.3. The van der Waals surface area contributed by atoms with Crippen molar-refractivity contribution in [3.8, 4) is 0 Å². The van der Waals surface area contributed by atoms with Crippen molar-refractivity contribution in [3.05, 3.63) is 178 Å². The Kier molecular flexibility index (Phi) is 10.2. The molecule has 3 nitrogen and oxygen atoms in total. The fourth-order valence-electron chi connectivity index (χ4n) is 13.1. The molecule has 5 heteroatoms. The zero-order valence-corrected chi connectivity index (χ0v) is 45.3. The summed E-state index contributed by atoms with van der Waals surface area (Å²) in [4.78, 5) is 7.96. The Morgan fingerprint density at radius 1 is 0.521 bits per heavy atom. The molecule has 71 heavy (non-hydrogen) atoms. The largest absolute Gasteiger partial charge is 0.311 e. The summed E-state index contributed by atoms with van der Waals surface area (Å²) in [5.41, 5.74) is 24.0. The Balaban J connectivity index is 1.28. The molecule has 0 spiro atoms. The van der Waals surface area contributed by atoms with E-state index in [0.717, 1.165) is 36.3 Å². The predicted molar refractivity (Wildman–Crippen MR) is 309 cm³/mol. The Bertz CT molecular complexity index is 3400. The van der Waals surface area contributed by atoms with Gasteiger partial charge in [-0.15, -0.1) is 11.3 Å². The highest BCUT2D eigenvalue weighted by molar-refractivity contribution is 7.33. The second kappa shape index (κ2) is 15.7. The Morgan fingerprint density at radius 2 is 1.08 bits per heavy atom. The lowest BCUT2D eigenvalue weighted by Crippen LogP contribution is -2.61. The van der Waals surface area contributed by atoms with Gasteiger partial charge < -0.3 is 14.7 Å². The quantitative estimate of drug-likeness (QED) is 0.159. The molecule has 12 rings (SSSR count). The van der Waals surface area contributed by atoms with Gasteiger partial charge >= 0.3 is 0 Å². The van der Waals surface area contributed by atoms with Crippen LogP contribution in [0.4, 0.5) is 51.2 Å². The zero-order chi connectivity index (χ0) is 49.7. The van der Waals surface area contributed by atoms with Crippen molar-refractivity contribution >= 4 is 95.0 Å². The lowest BCUT2D eigenvalue weighted by Gasteiger charge is -2.50. The van der Waals surface area contributed by atoms with Crippen molar-refractivity contribution in [1.29, 1.82) is 0 Å². The predicted octanol–water partition coefficient (Wildman–Crippen LogP) is 17.1. The van der Waals surface area contributed by atoms with E-state index in [9.17, 15) is 0 Å². The van der Waals surface area contributed by atoms with E-state index in [1.807, 2.05) is 11.3 Å². The van der Waals surface area contributed by atoms with Crippen LogP contribution in [-0.4, -0.2) is 6.71 Å². The maximum Gasteiger partial charge on any atom is 0.264 e. The molecule has 2 aliphatic carbocycles. The average Bonchev–Trinajstić information content (AvgIpc) is 3.70. The molecule has 0 radical (unpaired) electrons. The van der Waals surface area contributed by atoms with Crippen molar-refractivity contribution < 1.29 is 0 Å². The van der Waals surface area contributed by atoms with Crippen LogP contribution in [-0.2, 0) is 27.1 Å². The number of benzene rings is 7. The van der Waals surface area contributed by atoms with Crippen LogP contribution in [0.5, 0.6) is 0 Å². The van der Waals surface area contributed by atoms with E-state index >= 15 is 0 Å². The molecule has 0 N–H and O–H groups in total. The molecule has 0 atom stereocenters. The number of nitrogens with zero attached hydrogens (tertiary/aromatic N) is 3. The number of thiophene rings is 1. The van der Waals surface area contributed by atoms with E-state index < -0.39 is 0 Å². The molecule has 3 heterocycles. The molecule has 0 bridgehead atoms. The third-order valence-electron chi connectivity index (χ3n) is 17.4. The fourth-order valence-corrected chi connectivity index (χ4v) is 14.4. The summed E-state index contributed by atoms with van der Waals surface area (Å²) in [6.07, 6.45) is 4.64. The van der Waals surface area contributed by atoms with Crippen LogP contribution < -0.4 is 30.4 Å². The highest BCUT2D eigenvalue weighted by Crippen LogP contribution is 2.57. The monoisotopic (exact) mass is 948 g/mol. The zero-order valence-electron chi connectivity index (χ0n) is 44.4. The van der Waals surface area contributed by atoms with Crippen LogP contribution in [0.3, 0.4) is 0 Å². The lowest BCUT2D eigenvalue weighted by molar-refractivity contribution is 0.331. The highest BCUT2D eigenvalue weighted by Gasteiger charge is 2.50. The van der Waals surface area contributed by atoms with Crippen molar-refractivity contribution in [2.24, 2.45) is 0 Å². The first-order valence-corrected chi connectivity index (χ1v) is 27.1. The smallest absolute Gasteiger partial charge is 0.264 e. The number of fused-ring (bicyclic) bond motifs is 9. The van der Waals surface area contributed by atoms with Gasteiger partial charge in [-0.3, -0.25) is 0 Å². The van der Waals surface area contributed by atoms with Gasteiger partial charge in [0.1, 0.15) is 0 Å². The summed E-state index contributed by atoms with van der Waals surface area (Å²) in [7, 11) is 0. The SMILES string of the molecule is Cc1ccc2sc3c(c2c1)N(c1ccc(C(C)(C)C)cc1)c1cc(N(c2ccccc2)c2ccccc2)cc2c1B3c1ccc3c(c1N2c1cc2c(cc1C)C(C)(C)CCC2(C)C)C(C)(C)CCC3(C)C. The minimum Gasteiger partial charge on any atom is -0.311 e. The Hall–Kier alpha value is -6.04. The van der Waals surface area contributed by atoms with Gasteiger partial charge in [0.25, 0.3) is 6.71 Å². The van der Waals surface area contributed by atoms with Crippen LogP contribution in [0, 0.1) is 13.8 Å². The number of hydrogen-bond donors (Lipinski definition) is 0. The van der Waals surface area contributed by atoms with Crippen molar-refractivity contribution in [1.82, 2.24) is 0 Å². The number of aryl methyl sites for hydroxylation is 2. The normalized spacial score (nSPS) is 17.8. The van der Waals surface area contributed by atoms with E-state index in [1.165, 1.54) is 105 Å².